The average molecular weight is 260 g/mol. The highest BCUT2D eigenvalue weighted by Crippen LogP contribution is 2.26. The van der Waals surface area contributed by atoms with Gasteiger partial charge in [0.15, 0.2) is 0 Å². The van der Waals surface area contributed by atoms with Crippen LogP contribution in [0.3, 0.4) is 0 Å². The van der Waals surface area contributed by atoms with Crippen LogP contribution >= 0.6 is 27.5 Å². The number of aromatic nitrogens is 2. The molecule has 0 N–H and O–H groups in total. The van der Waals surface area contributed by atoms with Gasteiger partial charge in [-0.3, -0.25) is 4.68 Å². The molecule has 1 aromatic heterocycles. The Hall–Kier alpha value is -0.540. The smallest absolute Gasteiger partial charge is 0.111 e. The van der Waals surface area contributed by atoms with Gasteiger partial charge in [0.2, 0.25) is 0 Å². The van der Waals surface area contributed by atoms with Crippen LogP contribution in [-0.4, -0.2) is 9.78 Å². The second-order valence-corrected chi connectivity index (χ2v) is 4.13. The van der Waals surface area contributed by atoms with Gasteiger partial charge in [0.05, 0.1) is 5.02 Å². The van der Waals surface area contributed by atoms with Gasteiger partial charge in [0.25, 0.3) is 0 Å². The molecule has 2 rings (SSSR count). The number of rotatable bonds is 1. The van der Waals surface area contributed by atoms with Crippen LogP contribution in [0.2, 0.25) is 5.02 Å². The molecule has 0 aliphatic heterocycles. The highest BCUT2D eigenvalue weighted by Gasteiger charge is 2.04. The van der Waals surface area contributed by atoms with Crippen molar-refractivity contribution in [3.05, 3.63) is 27.8 Å². The molecule has 4 heteroatoms. The average Bonchev–Trinajstić information content (AvgIpc) is 2.47. The number of halogens is 2. The Bertz CT molecular complexity index is 450. The zero-order valence-electron chi connectivity index (χ0n) is 7.09. The lowest BCUT2D eigenvalue weighted by Crippen LogP contribution is -1.92. The van der Waals surface area contributed by atoms with Crippen LogP contribution in [0.5, 0.6) is 0 Å². The molecule has 68 valence electrons. The first kappa shape index (κ1) is 9.03. The van der Waals surface area contributed by atoms with Crippen LogP contribution in [0.4, 0.5) is 0 Å². The molecule has 2 aromatic rings. The third kappa shape index (κ3) is 1.58. The minimum absolute atomic E-state index is 0.691. The van der Waals surface area contributed by atoms with Crippen LogP contribution in [0.25, 0.3) is 10.9 Å². The predicted octanol–water partition coefficient (Wildman–Crippen LogP) is 3.47. The van der Waals surface area contributed by atoms with Crippen molar-refractivity contribution in [2.45, 2.75) is 13.5 Å². The van der Waals surface area contributed by atoms with E-state index in [9.17, 15) is 0 Å². The van der Waals surface area contributed by atoms with Gasteiger partial charge in [-0.2, -0.15) is 5.10 Å². The summed E-state index contributed by atoms with van der Waals surface area (Å²) in [6.45, 7) is 2.91. The lowest BCUT2D eigenvalue weighted by molar-refractivity contribution is 0.668. The van der Waals surface area contributed by atoms with E-state index in [1.54, 1.807) is 0 Å². The molecule has 0 fully saturated rings. The fourth-order valence-corrected chi connectivity index (χ4v) is 2.14. The molecule has 0 bridgehead atoms. The van der Waals surface area contributed by atoms with Crippen LogP contribution in [-0.2, 0) is 6.54 Å². The normalized spacial score (nSPS) is 11.0. The van der Waals surface area contributed by atoms with Gasteiger partial charge in [-0.05, 0) is 19.1 Å². The lowest BCUT2D eigenvalue weighted by Gasteiger charge is -1.92. The Kier molecular flexibility index (Phi) is 2.30. The van der Waals surface area contributed by atoms with Crippen LogP contribution in [0.15, 0.2) is 22.8 Å². The molecule has 0 aliphatic carbocycles. The molecule has 0 amide bonds. The zero-order valence-corrected chi connectivity index (χ0v) is 9.43. The first-order chi connectivity index (χ1) is 6.20. The third-order valence-electron chi connectivity index (χ3n) is 1.90. The Balaban J connectivity index is 2.75. The first-order valence-electron chi connectivity index (χ1n) is 4.03. The SMILES string of the molecule is CCn1cc2cc(Br)cc(Cl)c2n1. The Labute approximate surface area is 89.6 Å². The van der Waals surface area contributed by atoms with Crippen molar-refractivity contribution in [2.24, 2.45) is 0 Å². The third-order valence-corrected chi connectivity index (χ3v) is 2.64. The van der Waals surface area contributed by atoms with E-state index < -0.39 is 0 Å². The standard InChI is InChI=1S/C9H8BrClN2/c1-2-13-5-6-3-7(10)4-8(11)9(6)12-13/h3-5H,2H2,1H3. The molecule has 0 aliphatic rings. The minimum atomic E-state index is 0.691. The van der Waals surface area contributed by atoms with Gasteiger partial charge in [-0.1, -0.05) is 27.5 Å². The molecule has 0 spiro atoms. The van der Waals surface area contributed by atoms with E-state index >= 15 is 0 Å². The number of hydrogen-bond donors (Lipinski definition) is 0. The second kappa shape index (κ2) is 3.31. The van der Waals surface area contributed by atoms with Crippen LogP contribution < -0.4 is 0 Å². The van der Waals surface area contributed by atoms with Crippen LogP contribution in [0, 0.1) is 0 Å². The molecule has 0 atom stereocenters. The molecular formula is C9H8BrClN2. The fraction of sp³-hybridized carbons (Fsp3) is 0.222. The maximum atomic E-state index is 6.03. The fourth-order valence-electron chi connectivity index (χ4n) is 1.27. The summed E-state index contributed by atoms with van der Waals surface area (Å²) in [4.78, 5) is 0. The van der Waals surface area contributed by atoms with Crippen molar-refractivity contribution < 1.29 is 0 Å². The van der Waals surface area contributed by atoms with Crippen molar-refractivity contribution in [1.82, 2.24) is 9.78 Å². The molecule has 2 nitrogen and oxygen atoms in total. The monoisotopic (exact) mass is 258 g/mol. The summed E-state index contributed by atoms with van der Waals surface area (Å²) in [7, 11) is 0. The summed E-state index contributed by atoms with van der Waals surface area (Å²) in [5, 5.41) is 6.10. The Morgan fingerprint density at radius 3 is 3.00 bits per heavy atom. The van der Waals surface area contributed by atoms with E-state index in [2.05, 4.69) is 28.0 Å². The van der Waals surface area contributed by atoms with Gasteiger partial charge in [-0.25, -0.2) is 0 Å². The lowest BCUT2D eigenvalue weighted by atomic mass is 10.3. The first-order valence-corrected chi connectivity index (χ1v) is 5.20. The van der Waals surface area contributed by atoms with Crippen LogP contribution in [0.1, 0.15) is 6.92 Å². The largest absolute Gasteiger partial charge is 0.272 e. The summed E-state index contributed by atoms with van der Waals surface area (Å²) >= 11 is 9.42. The van der Waals surface area contributed by atoms with E-state index in [0.717, 1.165) is 21.9 Å². The number of aryl methyl sites for hydroxylation is 1. The molecule has 1 heterocycles. The van der Waals surface area contributed by atoms with Crippen molar-refractivity contribution >= 4 is 38.4 Å². The van der Waals surface area contributed by atoms with Gasteiger partial charge in [0, 0.05) is 22.6 Å². The van der Waals surface area contributed by atoms with Gasteiger partial charge in [-0.15, -0.1) is 0 Å². The highest BCUT2D eigenvalue weighted by molar-refractivity contribution is 9.10. The summed E-state index contributed by atoms with van der Waals surface area (Å²) in [6, 6.07) is 3.87. The minimum Gasteiger partial charge on any atom is -0.272 e. The summed E-state index contributed by atoms with van der Waals surface area (Å²) in [6.07, 6.45) is 1.99. The highest BCUT2D eigenvalue weighted by atomic mass is 79.9. The predicted molar refractivity (Wildman–Crippen MR) is 58.1 cm³/mol. The van der Waals surface area contributed by atoms with Crippen molar-refractivity contribution in [2.75, 3.05) is 0 Å². The van der Waals surface area contributed by atoms with Gasteiger partial charge in [0.1, 0.15) is 5.52 Å². The molecular weight excluding hydrogens is 251 g/mol. The summed E-state index contributed by atoms with van der Waals surface area (Å²) < 4.78 is 2.86. The van der Waals surface area contributed by atoms with E-state index in [1.165, 1.54) is 0 Å². The van der Waals surface area contributed by atoms with E-state index in [0.29, 0.717) is 5.02 Å². The van der Waals surface area contributed by atoms with Gasteiger partial charge >= 0.3 is 0 Å². The van der Waals surface area contributed by atoms with Crippen molar-refractivity contribution in [3.8, 4) is 0 Å². The summed E-state index contributed by atoms with van der Waals surface area (Å²) in [5.41, 5.74) is 0.867. The summed E-state index contributed by atoms with van der Waals surface area (Å²) in [5.74, 6) is 0. The maximum absolute atomic E-state index is 6.03. The molecule has 0 unspecified atom stereocenters. The number of fused-ring (bicyclic) bond motifs is 1. The molecule has 1 aromatic carbocycles. The number of nitrogens with zero attached hydrogens (tertiary/aromatic N) is 2. The maximum Gasteiger partial charge on any atom is 0.111 e. The number of hydrogen-bond acceptors (Lipinski definition) is 1. The molecule has 0 saturated carbocycles. The molecule has 0 saturated heterocycles. The topological polar surface area (TPSA) is 17.8 Å². The van der Waals surface area contributed by atoms with E-state index in [4.69, 9.17) is 11.6 Å². The van der Waals surface area contributed by atoms with Crippen molar-refractivity contribution in [3.63, 3.8) is 0 Å². The van der Waals surface area contributed by atoms with Crippen molar-refractivity contribution in [1.29, 1.82) is 0 Å². The Morgan fingerprint density at radius 2 is 2.31 bits per heavy atom. The quantitative estimate of drug-likeness (QED) is 0.767. The van der Waals surface area contributed by atoms with E-state index in [1.807, 2.05) is 23.0 Å². The second-order valence-electron chi connectivity index (χ2n) is 2.81. The zero-order chi connectivity index (χ0) is 9.42. The molecule has 13 heavy (non-hydrogen) atoms. The number of benzene rings is 1. The molecule has 0 radical (unpaired) electrons. The van der Waals surface area contributed by atoms with E-state index in [-0.39, 0.29) is 0 Å². The Morgan fingerprint density at radius 1 is 1.54 bits per heavy atom. The van der Waals surface area contributed by atoms with Gasteiger partial charge < -0.3 is 0 Å².